The van der Waals surface area contributed by atoms with Crippen molar-refractivity contribution in [2.45, 2.75) is 45.1 Å². The van der Waals surface area contributed by atoms with Crippen molar-refractivity contribution < 1.29 is 24.7 Å². The van der Waals surface area contributed by atoms with Crippen molar-refractivity contribution in [1.82, 2.24) is 16.1 Å². The van der Waals surface area contributed by atoms with Gasteiger partial charge >= 0.3 is 7.12 Å². The van der Waals surface area contributed by atoms with Crippen molar-refractivity contribution in [3.05, 3.63) is 46.0 Å². The number of hydrogen-bond acceptors (Lipinski definition) is 7. The van der Waals surface area contributed by atoms with Gasteiger partial charge in [0.2, 0.25) is 5.91 Å². The molecule has 1 aromatic carbocycles. The lowest BCUT2D eigenvalue weighted by atomic mass is 9.75. The molecular weight excluding hydrogens is 407 g/mol. The van der Waals surface area contributed by atoms with E-state index in [9.17, 15) is 29.8 Å². The summed E-state index contributed by atoms with van der Waals surface area (Å²) < 4.78 is 0. The molecular formula is C18H29BN6O6. The lowest BCUT2D eigenvalue weighted by molar-refractivity contribution is -0.525. The molecule has 0 heterocycles. The van der Waals surface area contributed by atoms with Gasteiger partial charge in [-0.05, 0) is 37.3 Å². The summed E-state index contributed by atoms with van der Waals surface area (Å²) in [5.74, 6) is -2.23. The minimum absolute atomic E-state index is 0.0791. The van der Waals surface area contributed by atoms with E-state index >= 15 is 0 Å². The Bertz CT molecular complexity index is 761. The predicted molar refractivity (Wildman–Crippen MR) is 115 cm³/mol. The fraction of sp³-hybridized carbons (Fsp3) is 0.500. The number of hydrazine groups is 1. The highest BCUT2D eigenvalue weighted by Crippen LogP contribution is 2.08. The number of guanidine groups is 1. The van der Waals surface area contributed by atoms with Crippen LogP contribution in [0.2, 0.25) is 0 Å². The molecule has 170 valence electrons. The molecule has 2 amide bonds. The van der Waals surface area contributed by atoms with Crippen LogP contribution in [0.4, 0.5) is 0 Å². The van der Waals surface area contributed by atoms with Crippen LogP contribution in [0.25, 0.3) is 0 Å². The van der Waals surface area contributed by atoms with Crippen molar-refractivity contribution in [3.8, 4) is 0 Å². The van der Waals surface area contributed by atoms with E-state index in [1.165, 1.54) is 0 Å². The third-order valence-corrected chi connectivity index (χ3v) is 4.21. The third kappa shape index (κ3) is 10.4. The molecule has 31 heavy (non-hydrogen) atoms. The number of benzene rings is 1. The first-order valence-electron chi connectivity index (χ1n) is 9.83. The number of carbonyl (C=O) groups is 2. The van der Waals surface area contributed by atoms with E-state index < -0.39 is 35.9 Å². The second-order valence-electron chi connectivity index (χ2n) is 7.33. The van der Waals surface area contributed by atoms with E-state index in [2.05, 4.69) is 15.6 Å². The number of nitrogens with one attached hydrogen (secondary N) is 3. The van der Waals surface area contributed by atoms with Gasteiger partial charge in [0.15, 0.2) is 5.03 Å². The van der Waals surface area contributed by atoms with Crippen molar-refractivity contribution in [2.75, 3.05) is 6.54 Å². The summed E-state index contributed by atoms with van der Waals surface area (Å²) in [7, 11) is -1.76. The summed E-state index contributed by atoms with van der Waals surface area (Å²) in [6, 6.07) is 7.33. The fourth-order valence-corrected chi connectivity index (χ4v) is 2.77. The highest BCUT2D eigenvalue weighted by molar-refractivity contribution is 6.43. The Morgan fingerprint density at radius 1 is 1.23 bits per heavy atom. The van der Waals surface area contributed by atoms with Gasteiger partial charge in [0.1, 0.15) is 6.04 Å². The lowest BCUT2D eigenvalue weighted by Gasteiger charge is -2.24. The van der Waals surface area contributed by atoms with Crippen LogP contribution in [0.15, 0.2) is 35.3 Å². The van der Waals surface area contributed by atoms with E-state index in [0.717, 1.165) is 0 Å². The molecule has 0 saturated heterocycles. The molecule has 0 saturated carbocycles. The molecule has 0 aliphatic carbocycles. The minimum Gasteiger partial charge on any atom is -0.426 e. The quantitative estimate of drug-likeness (QED) is 0.0612. The molecule has 0 bridgehead atoms. The van der Waals surface area contributed by atoms with Gasteiger partial charge in [0, 0.05) is 12.1 Å². The number of carbonyl (C=O) groups excluding carboxylic acids is 2. The summed E-state index contributed by atoms with van der Waals surface area (Å²) in [5.41, 5.74) is 7.42. The molecule has 0 fully saturated rings. The van der Waals surface area contributed by atoms with Gasteiger partial charge in [-0.1, -0.05) is 37.5 Å². The standard InChI is InChI=1S/C18H29BN6O6/c1-12(2)11-15(19(28)29)23-17(27)14(9-6-10-21-18(20)24-25(30)31)22-16(26)13-7-4-3-5-8-13/h3-5,7-8,12,14-15,28-29H,6,9-11H2,1-2H3,(H,22,26)(H,23,27)(H3,20,21,24)/t14-,15-/m0/s1. The van der Waals surface area contributed by atoms with Crippen molar-refractivity contribution in [2.24, 2.45) is 16.6 Å². The van der Waals surface area contributed by atoms with Gasteiger partial charge < -0.3 is 26.4 Å². The summed E-state index contributed by atoms with van der Waals surface area (Å²) >= 11 is 0. The fourth-order valence-electron chi connectivity index (χ4n) is 2.77. The second kappa shape index (κ2) is 13.2. The molecule has 0 aliphatic rings. The first-order valence-corrected chi connectivity index (χ1v) is 9.83. The maximum absolute atomic E-state index is 12.8. The normalized spacial score (nSPS) is 13.3. The Morgan fingerprint density at radius 3 is 2.42 bits per heavy atom. The summed E-state index contributed by atoms with van der Waals surface area (Å²) in [6.07, 6.45) is 0.759. The maximum Gasteiger partial charge on any atom is 0.475 e. The van der Waals surface area contributed by atoms with Crippen molar-refractivity contribution >= 4 is 24.9 Å². The number of nitro groups is 1. The molecule has 0 unspecified atom stereocenters. The largest absolute Gasteiger partial charge is 0.475 e. The van der Waals surface area contributed by atoms with E-state index in [4.69, 9.17) is 5.73 Å². The van der Waals surface area contributed by atoms with E-state index in [0.29, 0.717) is 12.0 Å². The molecule has 1 rings (SSSR count). The van der Waals surface area contributed by atoms with Crippen LogP contribution < -0.4 is 21.8 Å². The summed E-state index contributed by atoms with van der Waals surface area (Å²) in [4.78, 5) is 39.4. The zero-order valence-electron chi connectivity index (χ0n) is 17.5. The number of amides is 2. The Balaban J connectivity index is 2.84. The molecule has 12 nitrogen and oxygen atoms in total. The first-order chi connectivity index (χ1) is 14.6. The van der Waals surface area contributed by atoms with Crippen LogP contribution in [0.3, 0.4) is 0 Å². The molecule has 1 aromatic rings. The van der Waals surface area contributed by atoms with Crippen LogP contribution in [0.5, 0.6) is 0 Å². The molecule has 0 aromatic heterocycles. The average molecular weight is 436 g/mol. The van der Waals surface area contributed by atoms with E-state index in [-0.39, 0.29) is 31.3 Å². The lowest BCUT2D eigenvalue weighted by Crippen LogP contribution is -2.54. The van der Waals surface area contributed by atoms with Crippen molar-refractivity contribution in [3.63, 3.8) is 0 Å². The summed E-state index contributed by atoms with van der Waals surface area (Å²) in [5, 5.41) is 33.8. The van der Waals surface area contributed by atoms with Crippen LogP contribution in [0.1, 0.15) is 43.5 Å². The Kier molecular flexibility index (Phi) is 11.0. The molecule has 0 aliphatic heterocycles. The number of nitrogens with two attached hydrogens (primary N) is 1. The van der Waals surface area contributed by atoms with Gasteiger partial charge in [-0.3, -0.25) is 9.59 Å². The molecule has 0 radical (unpaired) electrons. The van der Waals surface area contributed by atoms with Gasteiger partial charge in [-0.25, -0.2) is 15.1 Å². The highest BCUT2D eigenvalue weighted by atomic mass is 16.7. The number of hydrogen-bond donors (Lipinski definition) is 6. The van der Waals surface area contributed by atoms with Gasteiger partial charge in [0.05, 0.1) is 5.94 Å². The first kappa shape index (κ1) is 25.9. The Morgan fingerprint density at radius 2 is 1.87 bits per heavy atom. The van der Waals surface area contributed by atoms with Crippen molar-refractivity contribution in [1.29, 1.82) is 0 Å². The van der Waals surface area contributed by atoms with E-state index in [1.54, 1.807) is 35.8 Å². The van der Waals surface area contributed by atoms with Crippen LogP contribution in [-0.4, -0.2) is 58.5 Å². The predicted octanol–water partition coefficient (Wildman–Crippen LogP) is -0.796. The third-order valence-electron chi connectivity index (χ3n) is 4.21. The molecule has 7 N–H and O–H groups in total. The SMILES string of the molecule is CC(C)C[C@H](NC(=O)[C@H](CCCN=C(N)N[N+](=O)[O-])NC(=O)c1ccccc1)B(O)O. The smallest absolute Gasteiger partial charge is 0.426 e. The zero-order chi connectivity index (χ0) is 23.4. The maximum atomic E-state index is 12.8. The summed E-state index contributed by atoms with van der Waals surface area (Å²) in [6.45, 7) is 3.82. The molecule has 13 heteroatoms. The second-order valence-corrected chi connectivity index (χ2v) is 7.33. The number of aliphatic imine (C=N–C) groups is 1. The topological polar surface area (TPSA) is 192 Å². The minimum atomic E-state index is -1.76. The van der Waals surface area contributed by atoms with Gasteiger partial charge in [-0.15, -0.1) is 0 Å². The Labute approximate surface area is 180 Å². The van der Waals surface area contributed by atoms with Crippen LogP contribution in [0, 0.1) is 16.0 Å². The molecule has 2 atom stereocenters. The van der Waals surface area contributed by atoms with Gasteiger partial charge in [0.25, 0.3) is 11.9 Å². The molecule has 0 spiro atoms. The average Bonchev–Trinajstić information content (AvgIpc) is 2.69. The number of nitrogens with zero attached hydrogens (tertiary/aromatic N) is 2. The Hall–Kier alpha value is -3.19. The van der Waals surface area contributed by atoms with Crippen LogP contribution >= 0.6 is 0 Å². The highest BCUT2D eigenvalue weighted by Gasteiger charge is 2.29. The van der Waals surface area contributed by atoms with Gasteiger partial charge in [-0.2, -0.15) is 0 Å². The monoisotopic (exact) mass is 436 g/mol. The van der Waals surface area contributed by atoms with E-state index in [1.807, 2.05) is 13.8 Å². The zero-order valence-corrected chi connectivity index (χ0v) is 17.5. The van der Waals surface area contributed by atoms with Crippen LogP contribution in [-0.2, 0) is 4.79 Å². The number of rotatable bonds is 12.